The number of halogens is 3. The minimum absolute atomic E-state index is 0.155. The Morgan fingerprint density at radius 1 is 0.815 bits per heavy atom. The van der Waals surface area contributed by atoms with E-state index in [0.29, 0.717) is 35.0 Å². The van der Waals surface area contributed by atoms with Crippen LogP contribution in [0.5, 0.6) is 0 Å². The van der Waals surface area contributed by atoms with Crippen molar-refractivity contribution in [3.63, 3.8) is 0 Å². The van der Waals surface area contributed by atoms with E-state index in [1.165, 1.54) is 0 Å². The molecule has 8 heteroatoms. The van der Waals surface area contributed by atoms with Gasteiger partial charge in [0, 0.05) is 18.8 Å². The number of hydrogen-bond acceptors (Lipinski definition) is 4. The van der Waals surface area contributed by atoms with E-state index in [4.69, 9.17) is 4.84 Å². The second-order valence-electron chi connectivity index (χ2n) is 5.71. The van der Waals surface area contributed by atoms with Crippen LogP contribution in [0, 0.1) is 0 Å². The van der Waals surface area contributed by atoms with E-state index < -0.39 is 17.8 Å². The highest BCUT2D eigenvalue weighted by Crippen LogP contribution is 2.34. The molecule has 1 aliphatic heterocycles. The van der Waals surface area contributed by atoms with Crippen molar-refractivity contribution in [2.24, 2.45) is 0 Å². The lowest BCUT2D eigenvalue weighted by Crippen LogP contribution is -2.41. The molecule has 4 rings (SSSR count). The fraction of sp³-hybridized carbons (Fsp3) is 0. The Bertz CT molecular complexity index is 1110. The Morgan fingerprint density at radius 3 is 1.96 bits per heavy atom. The molecule has 0 unspecified atom stereocenters. The first-order valence-electron chi connectivity index (χ1n) is 7.66. The first-order chi connectivity index (χ1) is 12.9. The number of hydrogen-bond donors (Lipinski definition) is 0. The Balaban J connectivity index is 1.77. The molecule has 27 heavy (non-hydrogen) atoms. The summed E-state index contributed by atoms with van der Waals surface area (Å²) in [5.41, 5.74) is 0.771. The Labute approximate surface area is 178 Å². The summed E-state index contributed by atoms with van der Waals surface area (Å²) in [6, 6.07) is 13.7. The average molecular weight is 554 g/mol. The number of rotatable bonds is 2. The normalized spacial score (nSPS) is 13.2. The number of imide groups is 1. The molecular formula is C19H8Br3NO4. The fourth-order valence-electron chi connectivity index (χ4n) is 2.93. The van der Waals surface area contributed by atoms with Gasteiger partial charge in [-0.05, 0) is 77.4 Å². The van der Waals surface area contributed by atoms with E-state index in [1.54, 1.807) is 36.4 Å². The lowest BCUT2D eigenvalue weighted by atomic mass is 9.95. The molecule has 0 radical (unpaired) electrons. The van der Waals surface area contributed by atoms with Gasteiger partial charge in [0.15, 0.2) is 0 Å². The van der Waals surface area contributed by atoms with Gasteiger partial charge in [0.05, 0.1) is 16.7 Å². The zero-order valence-electron chi connectivity index (χ0n) is 13.3. The second-order valence-corrected chi connectivity index (χ2v) is 8.21. The van der Waals surface area contributed by atoms with E-state index in [0.717, 1.165) is 5.39 Å². The quantitative estimate of drug-likeness (QED) is 0.311. The van der Waals surface area contributed by atoms with Crippen LogP contribution in [-0.4, -0.2) is 22.8 Å². The fourth-order valence-corrected chi connectivity index (χ4v) is 4.53. The molecular weight excluding hydrogens is 546 g/mol. The molecule has 0 saturated carbocycles. The molecule has 134 valence electrons. The summed E-state index contributed by atoms with van der Waals surface area (Å²) < 4.78 is 1.53. The first-order valence-corrected chi connectivity index (χ1v) is 10.0. The Hall–Kier alpha value is -2.03. The van der Waals surface area contributed by atoms with Crippen LogP contribution < -0.4 is 0 Å². The topological polar surface area (TPSA) is 63.7 Å². The number of hydroxylamine groups is 2. The van der Waals surface area contributed by atoms with Gasteiger partial charge in [-0.3, -0.25) is 9.59 Å². The maximum absolute atomic E-state index is 12.8. The second kappa shape index (κ2) is 6.85. The van der Waals surface area contributed by atoms with E-state index in [9.17, 15) is 14.4 Å². The molecule has 0 atom stereocenters. The molecule has 5 nitrogen and oxygen atoms in total. The predicted molar refractivity (Wildman–Crippen MR) is 109 cm³/mol. The van der Waals surface area contributed by atoms with Crippen LogP contribution in [0.3, 0.4) is 0 Å². The number of nitrogens with zero attached hydrogens (tertiary/aromatic N) is 1. The number of benzene rings is 3. The first kappa shape index (κ1) is 18.3. The summed E-state index contributed by atoms with van der Waals surface area (Å²) in [4.78, 5) is 43.5. The Kier molecular flexibility index (Phi) is 4.65. The number of carbonyl (C=O) groups is 3. The smallest absolute Gasteiger partial charge is 0.324 e. The van der Waals surface area contributed by atoms with E-state index >= 15 is 0 Å². The van der Waals surface area contributed by atoms with Crippen molar-refractivity contribution in [3.05, 3.63) is 78.6 Å². The summed E-state index contributed by atoms with van der Waals surface area (Å²) >= 11 is 9.91. The van der Waals surface area contributed by atoms with Gasteiger partial charge in [-0.1, -0.05) is 29.3 Å². The molecule has 1 heterocycles. The highest BCUT2D eigenvalue weighted by atomic mass is 79.9. The molecule has 2 amide bonds. The maximum atomic E-state index is 12.8. The third-order valence-electron chi connectivity index (χ3n) is 4.16. The minimum atomic E-state index is -0.844. The molecule has 0 spiro atoms. The summed E-state index contributed by atoms with van der Waals surface area (Å²) in [5.74, 6) is -2.21. The predicted octanol–water partition coefficient (Wildman–Crippen LogP) is 5.50. The van der Waals surface area contributed by atoms with Crippen molar-refractivity contribution >= 4 is 76.3 Å². The van der Waals surface area contributed by atoms with Crippen LogP contribution in [-0.2, 0) is 4.84 Å². The number of carbonyl (C=O) groups excluding carboxylic acids is 3. The summed E-state index contributed by atoms with van der Waals surface area (Å²) in [7, 11) is 0. The largest absolute Gasteiger partial charge is 0.366 e. The van der Waals surface area contributed by atoms with E-state index in [2.05, 4.69) is 47.8 Å². The van der Waals surface area contributed by atoms with E-state index in [1.807, 2.05) is 12.1 Å². The summed E-state index contributed by atoms with van der Waals surface area (Å²) in [6.45, 7) is 0. The van der Waals surface area contributed by atoms with Crippen molar-refractivity contribution < 1.29 is 19.2 Å². The van der Waals surface area contributed by atoms with Crippen molar-refractivity contribution in [3.8, 4) is 0 Å². The van der Waals surface area contributed by atoms with Crippen LogP contribution in [0.4, 0.5) is 0 Å². The SMILES string of the molecule is O=C(ON1C(=O)c2cccc3cccc(c23)C1=O)c1c(Br)ccc(Br)c1Br. The Morgan fingerprint density at radius 2 is 1.37 bits per heavy atom. The van der Waals surface area contributed by atoms with Crippen molar-refractivity contribution in [2.75, 3.05) is 0 Å². The minimum Gasteiger partial charge on any atom is -0.324 e. The highest BCUT2D eigenvalue weighted by Gasteiger charge is 2.36. The van der Waals surface area contributed by atoms with Gasteiger partial charge in [0.1, 0.15) is 0 Å². The third-order valence-corrected chi connectivity index (χ3v) is 6.83. The third kappa shape index (κ3) is 2.92. The summed E-state index contributed by atoms with van der Waals surface area (Å²) in [5, 5.41) is 1.85. The zero-order valence-corrected chi connectivity index (χ0v) is 18.1. The molecule has 0 fully saturated rings. The van der Waals surface area contributed by atoms with Crippen LogP contribution in [0.15, 0.2) is 61.9 Å². The van der Waals surface area contributed by atoms with Crippen LogP contribution in [0.1, 0.15) is 31.1 Å². The van der Waals surface area contributed by atoms with Gasteiger partial charge < -0.3 is 4.84 Å². The molecule has 0 N–H and O–H groups in total. The molecule has 3 aromatic rings. The van der Waals surface area contributed by atoms with Crippen molar-refractivity contribution in [1.29, 1.82) is 0 Å². The molecule has 0 bridgehead atoms. The van der Waals surface area contributed by atoms with Gasteiger partial charge in [-0.2, -0.15) is 0 Å². The molecule has 0 saturated heterocycles. The summed E-state index contributed by atoms with van der Waals surface area (Å²) in [6.07, 6.45) is 0. The molecule has 1 aliphatic rings. The monoisotopic (exact) mass is 551 g/mol. The molecule has 0 aliphatic carbocycles. The van der Waals surface area contributed by atoms with Gasteiger partial charge in [-0.15, -0.1) is 0 Å². The zero-order chi connectivity index (χ0) is 19.3. The van der Waals surface area contributed by atoms with Gasteiger partial charge in [-0.25, -0.2) is 4.79 Å². The lowest BCUT2D eigenvalue weighted by molar-refractivity contribution is -0.0621. The van der Waals surface area contributed by atoms with Crippen LogP contribution in [0.2, 0.25) is 0 Å². The van der Waals surface area contributed by atoms with Crippen LogP contribution >= 0.6 is 47.8 Å². The van der Waals surface area contributed by atoms with Gasteiger partial charge in [0.2, 0.25) is 0 Å². The van der Waals surface area contributed by atoms with Crippen LogP contribution in [0.25, 0.3) is 10.8 Å². The maximum Gasteiger partial charge on any atom is 0.366 e. The highest BCUT2D eigenvalue weighted by molar-refractivity contribution is 9.13. The molecule has 3 aromatic carbocycles. The van der Waals surface area contributed by atoms with Gasteiger partial charge >= 0.3 is 5.97 Å². The van der Waals surface area contributed by atoms with Crippen molar-refractivity contribution in [2.45, 2.75) is 0 Å². The lowest BCUT2D eigenvalue weighted by Gasteiger charge is -2.25. The average Bonchev–Trinajstić information content (AvgIpc) is 2.66. The van der Waals surface area contributed by atoms with E-state index in [-0.39, 0.29) is 5.56 Å². The standard InChI is InChI=1S/C19H8Br3NO4/c20-12-7-8-13(21)16(22)15(12)19(26)27-23-17(24)10-5-1-3-9-4-2-6-11(14(9)10)18(23)25/h1-8H. The van der Waals surface area contributed by atoms with Gasteiger partial charge in [0.25, 0.3) is 11.8 Å². The van der Waals surface area contributed by atoms with Crippen molar-refractivity contribution in [1.82, 2.24) is 5.06 Å². The number of amides is 2. The molecule has 0 aromatic heterocycles.